The van der Waals surface area contributed by atoms with Crippen molar-refractivity contribution in [3.8, 4) is 0 Å². The van der Waals surface area contributed by atoms with Gasteiger partial charge in [0.25, 0.3) is 0 Å². The molecule has 0 aliphatic rings. The van der Waals surface area contributed by atoms with Crippen LogP contribution in [-0.2, 0) is 14.6 Å². The smallest absolute Gasteiger partial charge is 0.150 e. The first-order valence-corrected chi connectivity index (χ1v) is 8.87. The van der Waals surface area contributed by atoms with Crippen LogP contribution in [0.1, 0.15) is 38.4 Å². The SMILES string of the molecule is CCOC(c1ccccc1)C(O)CCCS(=O)(=O)CC. The minimum Gasteiger partial charge on any atom is -0.390 e. The van der Waals surface area contributed by atoms with Gasteiger partial charge in [-0.05, 0) is 25.3 Å². The van der Waals surface area contributed by atoms with Crippen LogP contribution in [0.5, 0.6) is 0 Å². The highest BCUT2D eigenvalue weighted by atomic mass is 32.2. The predicted molar refractivity (Wildman–Crippen MR) is 80.4 cm³/mol. The molecule has 0 aliphatic carbocycles. The fourth-order valence-corrected chi connectivity index (χ4v) is 2.95. The van der Waals surface area contributed by atoms with E-state index >= 15 is 0 Å². The fourth-order valence-electron chi connectivity index (χ4n) is 2.06. The first-order valence-electron chi connectivity index (χ1n) is 7.05. The third kappa shape index (κ3) is 5.61. The van der Waals surface area contributed by atoms with E-state index in [2.05, 4.69) is 0 Å². The molecule has 0 amide bonds. The van der Waals surface area contributed by atoms with E-state index in [-0.39, 0.29) is 11.5 Å². The molecule has 114 valence electrons. The number of hydrogen-bond acceptors (Lipinski definition) is 4. The summed E-state index contributed by atoms with van der Waals surface area (Å²) in [6.07, 6.45) is -0.220. The van der Waals surface area contributed by atoms with Crippen molar-refractivity contribution >= 4 is 9.84 Å². The van der Waals surface area contributed by atoms with Crippen LogP contribution in [-0.4, -0.2) is 37.7 Å². The van der Waals surface area contributed by atoms with Gasteiger partial charge in [0.05, 0.1) is 11.9 Å². The van der Waals surface area contributed by atoms with E-state index in [9.17, 15) is 13.5 Å². The molecule has 0 saturated carbocycles. The van der Waals surface area contributed by atoms with Crippen LogP contribution in [0.15, 0.2) is 30.3 Å². The molecule has 20 heavy (non-hydrogen) atoms. The summed E-state index contributed by atoms with van der Waals surface area (Å²) in [7, 11) is -2.97. The third-order valence-corrected chi connectivity index (χ3v) is 5.01. The van der Waals surface area contributed by atoms with E-state index in [0.717, 1.165) is 5.56 Å². The van der Waals surface area contributed by atoms with Gasteiger partial charge in [-0.3, -0.25) is 0 Å². The summed E-state index contributed by atoms with van der Waals surface area (Å²) in [5.41, 5.74) is 0.917. The minimum absolute atomic E-state index is 0.119. The van der Waals surface area contributed by atoms with Crippen LogP contribution in [0.4, 0.5) is 0 Å². The molecule has 1 aromatic rings. The molecule has 5 heteroatoms. The number of aliphatic hydroxyl groups is 1. The lowest BCUT2D eigenvalue weighted by atomic mass is 10.0. The standard InChI is InChI=1S/C15H24O4S/c1-3-19-15(13-9-6-5-7-10-13)14(16)11-8-12-20(17,18)4-2/h5-7,9-10,14-16H,3-4,8,11-12H2,1-2H3. The summed E-state index contributed by atoms with van der Waals surface area (Å²) < 4.78 is 28.5. The molecular weight excluding hydrogens is 276 g/mol. The Labute approximate surface area is 121 Å². The highest BCUT2D eigenvalue weighted by Crippen LogP contribution is 2.24. The second-order valence-corrected chi connectivity index (χ2v) is 7.21. The summed E-state index contributed by atoms with van der Waals surface area (Å²) >= 11 is 0. The van der Waals surface area contributed by atoms with Crippen molar-refractivity contribution < 1.29 is 18.3 Å². The van der Waals surface area contributed by atoms with E-state index in [1.165, 1.54) is 0 Å². The summed E-state index contributed by atoms with van der Waals surface area (Å²) in [5, 5.41) is 10.2. The molecule has 4 nitrogen and oxygen atoms in total. The highest BCUT2D eigenvalue weighted by molar-refractivity contribution is 7.91. The molecule has 1 aromatic carbocycles. The van der Waals surface area contributed by atoms with Gasteiger partial charge in [-0.15, -0.1) is 0 Å². The third-order valence-electron chi connectivity index (χ3n) is 3.22. The maximum Gasteiger partial charge on any atom is 0.150 e. The molecule has 0 radical (unpaired) electrons. The van der Waals surface area contributed by atoms with Crippen LogP contribution in [0.3, 0.4) is 0 Å². The van der Waals surface area contributed by atoms with Crippen molar-refractivity contribution in [3.63, 3.8) is 0 Å². The van der Waals surface area contributed by atoms with Gasteiger partial charge in [-0.25, -0.2) is 8.42 Å². The lowest BCUT2D eigenvalue weighted by molar-refractivity contribution is -0.0378. The van der Waals surface area contributed by atoms with Crippen molar-refractivity contribution in [3.05, 3.63) is 35.9 Å². The Balaban J connectivity index is 2.59. The van der Waals surface area contributed by atoms with E-state index < -0.39 is 22.0 Å². The van der Waals surface area contributed by atoms with Gasteiger partial charge in [0.2, 0.25) is 0 Å². The van der Waals surface area contributed by atoms with E-state index in [1.54, 1.807) is 6.92 Å². The zero-order valence-corrected chi connectivity index (χ0v) is 13.0. The van der Waals surface area contributed by atoms with Gasteiger partial charge in [-0.1, -0.05) is 37.3 Å². The molecule has 1 N–H and O–H groups in total. The number of benzene rings is 1. The molecule has 0 aromatic heterocycles. The second-order valence-electron chi connectivity index (χ2n) is 4.73. The maximum atomic E-state index is 11.4. The van der Waals surface area contributed by atoms with E-state index in [4.69, 9.17) is 4.74 Å². The number of rotatable bonds is 9. The Bertz CT molecular complexity index is 470. The van der Waals surface area contributed by atoms with Gasteiger partial charge in [0, 0.05) is 12.4 Å². The van der Waals surface area contributed by atoms with Gasteiger partial charge in [-0.2, -0.15) is 0 Å². The van der Waals surface area contributed by atoms with Crippen molar-refractivity contribution in [2.24, 2.45) is 0 Å². The number of hydrogen-bond donors (Lipinski definition) is 1. The zero-order chi connectivity index (χ0) is 15.0. The lowest BCUT2D eigenvalue weighted by Gasteiger charge is -2.23. The average molecular weight is 300 g/mol. The Kier molecular flexibility index (Phi) is 7.19. The lowest BCUT2D eigenvalue weighted by Crippen LogP contribution is -2.22. The number of aliphatic hydroxyl groups excluding tert-OH is 1. The first kappa shape index (κ1) is 17.1. The first-order chi connectivity index (χ1) is 9.50. The Morgan fingerprint density at radius 3 is 2.40 bits per heavy atom. The van der Waals surface area contributed by atoms with Crippen LogP contribution in [0, 0.1) is 0 Å². The summed E-state index contributed by atoms with van der Waals surface area (Å²) in [6, 6.07) is 9.52. The quantitative estimate of drug-likeness (QED) is 0.760. The summed E-state index contributed by atoms with van der Waals surface area (Å²) in [6.45, 7) is 4.02. The van der Waals surface area contributed by atoms with Crippen LogP contribution in [0.2, 0.25) is 0 Å². The van der Waals surface area contributed by atoms with Crippen molar-refractivity contribution in [2.75, 3.05) is 18.1 Å². The van der Waals surface area contributed by atoms with Crippen LogP contribution >= 0.6 is 0 Å². The molecule has 2 atom stereocenters. The summed E-state index contributed by atoms with van der Waals surface area (Å²) in [4.78, 5) is 0. The number of sulfone groups is 1. The Morgan fingerprint density at radius 2 is 1.85 bits per heavy atom. The molecule has 0 fully saturated rings. The molecule has 1 rings (SSSR count). The fraction of sp³-hybridized carbons (Fsp3) is 0.600. The molecule has 0 saturated heterocycles. The minimum atomic E-state index is -2.97. The molecule has 0 aliphatic heterocycles. The van der Waals surface area contributed by atoms with Gasteiger partial charge in [0.1, 0.15) is 15.9 Å². The maximum absolute atomic E-state index is 11.4. The monoisotopic (exact) mass is 300 g/mol. The topological polar surface area (TPSA) is 63.6 Å². The molecule has 0 bridgehead atoms. The molecule has 0 spiro atoms. The van der Waals surface area contributed by atoms with Crippen LogP contribution in [0.25, 0.3) is 0 Å². The molecular formula is C15H24O4S. The highest BCUT2D eigenvalue weighted by Gasteiger charge is 2.21. The zero-order valence-electron chi connectivity index (χ0n) is 12.2. The van der Waals surface area contributed by atoms with Crippen molar-refractivity contribution in [1.82, 2.24) is 0 Å². The second kappa shape index (κ2) is 8.39. The van der Waals surface area contributed by atoms with Gasteiger partial charge in [0.15, 0.2) is 0 Å². The van der Waals surface area contributed by atoms with E-state index in [0.29, 0.717) is 19.4 Å². The largest absolute Gasteiger partial charge is 0.390 e. The molecule has 0 heterocycles. The molecule has 2 unspecified atom stereocenters. The normalized spacial score (nSPS) is 14.9. The Morgan fingerprint density at radius 1 is 1.20 bits per heavy atom. The van der Waals surface area contributed by atoms with Crippen molar-refractivity contribution in [1.29, 1.82) is 0 Å². The predicted octanol–water partition coefficient (Wildman–Crippen LogP) is 2.34. The van der Waals surface area contributed by atoms with E-state index in [1.807, 2.05) is 37.3 Å². The average Bonchev–Trinajstić information content (AvgIpc) is 2.45. The van der Waals surface area contributed by atoms with Gasteiger partial charge >= 0.3 is 0 Å². The van der Waals surface area contributed by atoms with Crippen molar-refractivity contribution in [2.45, 2.75) is 38.9 Å². The Hall–Kier alpha value is -0.910. The van der Waals surface area contributed by atoms with Crippen LogP contribution < -0.4 is 0 Å². The summed E-state index contributed by atoms with van der Waals surface area (Å²) in [5.74, 6) is 0.269. The number of ether oxygens (including phenoxy) is 1. The van der Waals surface area contributed by atoms with Gasteiger partial charge < -0.3 is 9.84 Å².